The number of halogens is 1. The third-order valence-electron chi connectivity index (χ3n) is 5.73. The molecule has 3 aromatic carbocycles. The molecule has 2 heterocycles. The molecule has 1 atom stereocenters. The minimum absolute atomic E-state index is 0.242. The molecule has 0 spiro atoms. The van der Waals surface area contributed by atoms with Crippen molar-refractivity contribution in [3.05, 3.63) is 94.6 Å². The van der Waals surface area contributed by atoms with Crippen LogP contribution in [0.25, 0.3) is 22.0 Å². The number of H-pyrrole nitrogens is 1. The van der Waals surface area contributed by atoms with E-state index in [2.05, 4.69) is 35.3 Å². The van der Waals surface area contributed by atoms with E-state index in [1.165, 1.54) is 16.7 Å². The zero-order chi connectivity index (χ0) is 20.0. The molecule has 5 heteroatoms. The van der Waals surface area contributed by atoms with Gasteiger partial charge in [0.25, 0.3) is 0 Å². The molecule has 5 rings (SSSR count). The SMILES string of the molecule is NC(=O)N1CCc2cc(-c3ccccc3)ccc2C1c1c[nH]c2ccc(Cl)cc12. The number of amides is 2. The molecular weight excluding hydrogens is 382 g/mol. The Balaban J connectivity index is 1.67. The number of carbonyl (C=O) groups excluding carboxylic acids is 1. The van der Waals surface area contributed by atoms with Gasteiger partial charge in [-0.3, -0.25) is 0 Å². The van der Waals surface area contributed by atoms with E-state index in [1.54, 1.807) is 4.90 Å². The lowest BCUT2D eigenvalue weighted by atomic mass is 9.86. The van der Waals surface area contributed by atoms with E-state index >= 15 is 0 Å². The van der Waals surface area contributed by atoms with Gasteiger partial charge in [0, 0.05) is 34.2 Å². The van der Waals surface area contributed by atoms with Crippen molar-refractivity contribution in [1.82, 2.24) is 9.88 Å². The molecule has 4 nitrogen and oxygen atoms in total. The van der Waals surface area contributed by atoms with Gasteiger partial charge >= 0.3 is 6.03 Å². The standard InChI is InChI=1S/C24H20ClN3O/c25-18-7-9-22-20(13-18)21(14-27-22)23-19-8-6-16(15-4-2-1-3-5-15)12-17(19)10-11-28(23)24(26)29/h1-9,12-14,23,27H,10-11H2,(H2,26,29). The molecule has 29 heavy (non-hydrogen) atoms. The summed E-state index contributed by atoms with van der Waals surface area (Å²) in [5.74, 6) is 0. The lowest BCUT2D eigenvalue weighted by molar-refractivity contribution is 0.190. The van der Waals surface area contributed by atoms with Crippen molar-refractivity contribution in [1.29, 1.82) is 0 Å². The van der Waals surface area contributed by atoms with Gasteiger partial charge in [0.2, 0.25) is 0 Å². The first-order chi connectivity index (χ1) is 14.1. The van der Waals surface area contributed by atoms with Crippen LogP contribution in [0.15, 0.2) is 72.9 Å². The summed E-state index contributed by atoms with van der Waals surface area (Å²) in [6.45, 7) is 0.582. The number of urea groups is 1. The Morgan fingerprint density at radius 3 is 2.62 bits per heavy atom. The number of nitrogens with one attached hydrogen (secondary N) is 1. The van der Waals surface area contributed by atoms with Gasteiger partial charge in [0.1, 0.15) is 0 Å². The van der Waals surface area contributed by atoms with Gasteiger partial charge in [-0.25, -0.2) is 4.79 Å². The molecule has 1 unspecified atom stereocenters. The Kier molecular flexibility index (Phi) is 4.29. The summed E-state index contributed by atoms with van der Waals surface area (Å²) in [5.41, 5.74) is 12.5. The fourth-order valence-electron chi connectivity index (χ4n) is 4.35. The summed E-state index contributed by atoms with van der Waals surface area (Å²) >= 11 is 6.26. The predicted octanol–water partition coefficient (Wildman–Crippen LogP) is 5.51. The highest BCUT2D eigenvalue weighted by Gasteiger charge is 2.32. The van der Waals surface area contributed by atoms with Crippen LogP contribution in [0.3, 0.4) is 0 Å². The molecule has 4 aromatic rings. The zero-order valence-corrected chi connectivity index (χ0v) is 16.5. The van der Waals surface area contributed by atoms with Gasteiger partial charge in [0.15, 0.2) is 0 Å². The van der Waals surface area contributed by atoms with E-state index < -0.39 is 6.03 Å². The van der Waals surface area contributed by atoms with Crippen LogP contribution in [-0.4, -0.2) is 22.5 Å². The van der Waals surface area contributed by atoms with E-state index in [1.807, 2.05) is 42.6 Å². The summed E-state index contributed by atoms with van der Waals surface area (Å²) in [7, 11) is 0. The van der Waals surface area contributed by atoms with Gasteiger partial charge in [-0.1, -0.05) is 60.1 Å². The number of nitrogens with zero attached hydrogens (tertiary/aromatic N) is 1. The zero-order valence-electron chi connectivity index (χ0n) is 15.7. The first kappa shape index (κ1) is 17.8. The number of carbonyl (C=O) groups is 1. The van der Waals surface area contributed by atoms with Gasteiger partial charge in [0.05, 0.1) is 6.04 Å². The molecule has 1 aromatic heterocycles. The highest BCUT2D eigenvalue weighted by molar-refractivity contribution is 6.31. The highest BCUT2D eigenvalue weighted by Crippen LogP contribution is 2.40. The molecular formula is C24H20ClN3O. The quantitative estimate of drug-likeness (QED) is 0.456. The van der Waals surface area contributed by atoms with Crippen molar-refractivity contribution in [2.45, 2.75) is 12.5 Å². The molecule has 0 saturated heterocycles. The van der Waals surface area contributed by atoms with Crippen molar-refractivity contribution in [3.63, 3.8) is 0 Å². The Labute approximate surface area is 173 Å². The summed E-state index contributed by atoms with van der Waals surface area (Å²) in [4.78, 5) is 17.3. The average Bonchev–Trinajstić information content (AvgIpc) is 3.15. The largest absolute Gasteiger partial charge is 0.361 e. The van der Waals surface area contributed by atoms with Crippen molar-refractivity contribution in [3.8, 4) is 11.1 Å². The topological polar surface area (TPSA) is 62.1 Å². The fourth-order valence-corrected chi connectivity index (χ4v) is 4.52. The number of benzene rings is 3. The number of hydrogen-bond acceptors (Lipinski definition) is 1. The number of aromatic amines is 1. The molecule has 0 radical (unpaired) electrons. The molecule has 1 aliphatic heterocycles. The van der Waals surface area contributed by atoms with Gasteiger partial charge < -0.3 is 15.6 Å². The first-order valence-electron chi connectivity index (χ1n) is 9.62. The van der Waals surface area contributed by atoms with Crippen LogP contribution < -0.4 is 5.73 Å². The number of primary amides is 1. The third kappa shape index (κ3) is 3.06. The number of aromatic nitrogens is 1. The van der Waals surface area contributed by atoms with Crippen molar-refractivity contribution in [2.75, 3.05) is 6.54 Å². The minimum atomic E-state index is -0.413. The van der Waals surface area contributed by atoms with E-state index in [0.717, 1.165) is 28.5 Å². The molecule has 3 N–H and O–H groups in total. The third-order valence-corrected chi connectivity index (χ3v) is 5.97. The summed E-state index contributed by atoms with van der Waals surface area (Å²) < 4.78 is 0. The second-order valence-corrected chi connectivity index (χ2v) is 7.83. The number of rotatable bonds is 2. The van der Waals surface area contributed by atoms with Crippen LogP contribution in [0.1, 0.15) is 22.7 Å². The predicted molar refractivity (Wildman–Crippen MR) is 117 cm³/mol. The van der Waals surface area contributed by atoms with Crippen LogP contribution in [-0.2, 0) is 6.42 Å². The monoisotopic (exact) mass is 401 g/mol. The Morgan fingerprint density at radius 1 is 1.00 bits per heavy atom. The van der Waals surface area contributed by atoms with Crippen LogP contribution in [0.5, 0.6) is 0 Å². The normalized spacial score (nSPS) is 16.0. The van der Waals surface area contributed by atoms with Crippen LogP contribution >= 0.6 is 11.6 Å². The highest BCUT2D eigenvalue weighted by atomic mass is 35.5. The Bertz CT molecular complexity index is 1220. The van der Waals surface area contributed by atoms with Gasteiger partial charge in [-0.15, -0.1) is 0 Å². The Morgan fingerprint density at radius 2 is 1.83 bits per heavy atom. The minimum Gasteiger partial charge on any atom is -0.361 e. The fraction of sp³-hybridized carbons (Fsp3) is 0.125. The average molecular weight is 402 g/mol. The molecule has 0 bridgehead atoms. The molecule has 0 saturated carbocycles. The van der Waals surface area contributed by atoms with Crippen molar-refractivity contribution < 1.29 is 4.79 Å². The summed E-state index contributed by atoms with van der Waals surface area (Å²) in [5, 5.41) is 1.67. The summed E-state index contributed by atoms with van der Waals surface area (Å²) in [6, 6.07) is 21.9. The Hall–Kier alpha value is -3.24. The lowest BCUT2D eigenvalue weighted by Gasteiger charge is -2.36. The maximum absolute atomic E-state index is 12.3. The van der Waals surface area contributed by atoms with Crippen LogP contribution in [0.2, 0.25) is 5.02 Å². The number of hydrogen-bond donors (Lipinski definition) is 2. The molecule has 144 valence electrons. The maximum atomic E-state index is 12.3. The second-order valence-electron chi connectivity index (χ2n) is 7.40. The smallest absolute Gasteiger partial charge is 0.315 e. The first-order valence-corrected chi connectivity index (χ1v) is 10.0. The number of nitrogens with two attached hydrogens (primary N) is 1. The molecule has 0 aliphatic carbocycles. The van der Waals surface area contributed by atoms with Crippen molar-refractivity contribution >= 4 is 28.5 Å². The van der Waals surface area contributed by atoms with Crippen LogP contribution in [0.4, 0.5) is 4.79 Å². The molecule has 2 amide bonds. The van der Waals surface area contributed by atoms with E-state index in [0.29, 0.717) is 11.6 Å². The maximum Gasteiger partial charge on any atom is 0.315 e. The summed E-state index contributed by atoms with van der Waals surface area (Å²) in [6.07, 6.45) is 2.74. The van der Waals surface area contributed by atoms with Gasteiger partial charge in [-0.2, -0.15) is 0 Å². The van der Waals surface area contributed by atoms with Gasteiger partial charge in [-0.05, 0) is 46.9 Å². The van der Waals surface area contributed by atoms with Crippen LogP contribution in [0, 0.1) is 0 Å². The van der Waals surface area contributed by atoms with E-state index in [-0.39, 0.29) is 6.04 Å². The van der Waals surface area contributed by atoms with E-state index in [4.69, 9.17) is 17.3 Å². The lowest BCUT2D eigenvalue weighted by Crippen LogP contribution is -2.43. The second kappa shape index (κ2) is 6.98. The molecule has 0 fully saturated rings. The van der Waals surface area contributed by atoms with Crippen molar-refractivity contribution in [2.24, 2.45) is 5.73 Å². The van der Waals surface area contributed by atoms with E-state index in [9.17, 15) is 4.79 Å². The molecule has 1 aliphatic rings. The number of fused-ring (bicyclic) bond motifs is 2.